The van der Waals surface area contributed by atoms with Crippen LogP contribution in [0, 0.1) is 13.8 Å². The molecule has 0 aliphatic carbocycles. The molecule has 0 saturated carbocycles. The number of hydrogen-bond donors (Lipinski definition) is 0. The van der Waals surface area contributed by atoms with Crippen molar-refractivity contribution in [1.82, 2.24) is 4.98 Å². The Morgan fingerprint density at radius 1 is 1.50 bits per heavy atom. The maximum absolute atomic E-state index is 5.23. The van der Waals surface area contributed by atoms with Crippen LogP contribution in [-0.4, -0.2) is 4.98 Å². The Hall–Kier alpha value is -0.740. The van der Waals surface area contributed by atoms with E-state index < -0.39 is 0 Å². The van der Waals surface area contributed by atoms with Crippen LogP contribution in [0.5, 0.6) is 0 Å². The van der Waals surface area contributed by atoms with Crippen LogP contribution in [0.15, 0.2) is 27.8 Å². The summed E-state index contributed by atoms with van der Waals surface area (Å²) in [5.74, 6) is 1.97. The Morgan fingerprint density at radius 2 is 2.36 bits per heavy atom. The van der Waals surface area contributed by atoms with Crippen molar-refractivity contribution in [2.45, 2.75) is 24.5 Å². The largest absolute Gasteiger partial charge is 0.468 e. The van der Waals surface area contributed by atoms with Gasteiger partial charge in [-0.1, -0.05) is 0 Å². The summed E-state index contributed by atoms with van der Waals surface area (Å²) >= 11 is 3.55. The molecule has 0 atom stereocenters. The topological polar surface area (TPSA) is 26.0 Å². The molecule has 0 aromatic carbocycles. The minimum absolute atomic E-state index is 0.978. The lowest BCUT2D eigenvalue weighted by atomic mass is 10.5. The molecule has 4 heteroatoms. The van der Waals surface area contributed by atoms with Crippen LogP contribution in [0.1, 0.15) is 15.6 Å². The summed E-state index contributed by atoms with van der Waals surface area (Å²) in [5.41, 5.74) is 0. The van der Waals surface area contributed by atoms with Crippen LogP contribution in [-0.2, 0) is 5.75 Å². The summed E-state index contributed by atoms with van der Waals surface area (Å²) in [7, 11) is 0. The second kappa shape index (κ2) is 4.19. The Balaban J connectivity index is 1.98. The van der Waals surface area contributed by atoms with Gasteiger partial charge in [0.05, 0.1) is 11.3 Å². The summed E-state index contributed by atoms with van der Waals surface area (Å²) < 4.78 is 5.23. The van der Waals surface area contributed by atoms with Crippen molar-refractivity contribution in [3.05, 3.63) is 34.2 Å². The average molecular weight is 225 g/mol. The maximum atomic E-state index is 5.23. The Morgan fingerprint density at radius 3 is 2.93 bits per heavy atom. The standard InChI is InChI=1S/C10H11NOS2/c1-7-10(3-4-12-7)13-6-9-5-11-8(2)14-9/h3-5H,6H2,1-2H3. The van der Waals surface area contributed by atoms with Crippen molar-refractivity contribution in [2.24, 2.45) is 0 Å². The van der Waals surface area contributed by atoms with Gasteiger partial charge in [-0.25, -0.2) is 4.98 Å². The zero-order valence-electron chi connectivity index (χ0n) is 8.11. The smallest absolute Gasteiger partial charge is 0.114 e. The lowest BCUT2D eigenvalue weighted by Gasteiger charge is -1.95. The molecule has 0 aliphatic heterocycles. The van der Waals surface area contributed by atoms with Gasteiger partial charge in [0.15, 0.2) is 0 Å². The normalized spacial score (nSPS) is 10.7. The molecule has 74 valence electrons. The summed E-state index contributed by atoms with van der Waals surface area (Å²) in [6.45, 7) is 4.02. The molecule has 2 nitrogen and oxygen atoms in total. The quantitative estimate of drug-likeness (QED) is 0.746. The van der Waals surface area contributed by atoms with Gasteiger partial charge in [0.1, 0.15) is 5.76 Å². The molecular weight excluding hydrogens is 214 g/mol. The van der Waals surface area contributed by atoms with E-state index in [0.29, 0.717) is 0 Å². The number of aryl methyl sites for hydroxylation is 2. The highest BCUT2D eigenvalue weighted by Gasteiger charge is 2.03. The molecule has 0 fully saturated rings. The molecule has 0 aliphatic rings. The molecule has 0 spiro atoms. The summed E-state index contributed by atoms with van der Waals surface area (Å²) in [4.78, 5) is 6.75. The number of thioether (sulfide) groups is 1. The number of rotatable bonds is 3. The lowest BCUT2D eigenvalue weighted by molar-refractivity contribution is 0.527. The fourth-order valence-electron chi connectivity index (χ4n) is 1.14. The van der Waals surface area contributed by atoms with Crippen molar-refractivity contribution in [3.8, 4) is 0 Å². The first-order valence-corrected chi connectivity index (χ1v) is 6.14. The number of thiazole rings is 1. The number of aromatic nitrogens is 1. The molecule has 0 saturated heterocycles. The number of nitrogens with zero attached hydrogens (tertiary/aromatic N) is 1. The summed E-state index contributed by atoms with van der Waals surface area (Å²) in [5, 5.41) is 1.13. The van der Waals surface area contributed by atoms with Gasteiger partial charge in [-0.3, -0.25) is 0 Å². The van der Waals surface area contributed by atoms with Gasteiger partial charge >= 0.3 is 0 Å². The zero-order valence-corrected chi connectivity index (χ0v) is 9.74. The van der Waals surface area contributed by atoms with Crippen molar-refractivity contribution in [2.75, 3.05) is 0 Å². The van der Waals surface area contributed by atoms with Gasteiger partial charge in [-0.05, 0) is 19.9 Å². The van der Waals surface area contributed by atoms with Crippen molar-refractivity contribution in [3.63, 3.8) is 0 Å². The van der Waals surface area contributed by atoms with E-state index in [1.165, 1.54) is 9.77 Å². The fourth-order valence-corrected chi connectivity index (χ4v) is 2.92. The molecule has 2 aromatic heterocycles. The third kappa shape index (κ3) is 2.19. The summed E-state index contributed by atoms with van der Waals surface area (Å²) in [6, 6.07) is 2.01. The molecule has 2 rings (SSSR count). The van der Waals surface area contributed by atoms with Crippen LogP contribution in [0.2, 0.25) is 0 Å². The molecular formula is C10H11NOS2. The zero-order chi connectivity index (χ0) is 9.97. The molecule has 0 unspecified atom stereocenters. The third-order valence-electron chi connectivity index (χ3n) is 1.85. The van der Waals surface area contributed by atoms with Gasteiger partial charge < -0.3 is 4.42 Å². The van der Waals surface area contributed by atoms with Crippen molar-refractivity contribution in [1.29, 1.82) is 0 Å². The van der Waals surface area contributed by atoms with E-state index in [4.69, 9.17) is 4.42 Å². The second-order valence-corrected chi connectivity index (χ2v) is 5.31. The number of hydrogen-bond acceptors (Lipinski definition) is 4. The molecule has 0 radical (unpaired) electrons. The van der Waals surface area contributed by atoms with Crippen LogP contribution < -0.4 is 0 Å². The highest BCUT2D eigenvalue weighted by Crippen LogP contribution is 2.28. The highest BCUT2D eigenvalue weighted by molar-refractivity contribution is 7.98. The van der Waals surface area contributed by atoms with Gasteiger partial charge in [0, 0.05) is 21.7 Å². The van der Waals surface area contributed by atoms with Gasteiger partial charge in [0.25, 0.3) is 0 Å². The van der Waals surface area contributed by atoms with Gasteiger partial charge in [-0.15, -0.1) is 23.1 Å². The van der Waals surface area contributed by atoms with E-state index in [1.54, 1.807) is 29.4 Å². The van der Waals surface area contributed by atoms with Crippen molar-refractivity contribution >= 4 is 23.1 Å². The SMILES string of the molecule is Cc1ncc(CSc2ccoc2C)s1. The van der Waals surface area contributed by atoms with Crippen LogP contribution in [0.25, 0.3) is 0 Å². The van der Waals surface area contributed by atoms with E-state index in [0.717, 1.165) is 16.5 Å². The van der Waals surface area contributed by atoms with Gasteiger partial charge in [0.2, 0.25) is 0 Å². The summed E-state index contributed by atoms with van der Waals surface area (Å²) in [6.07, 6.45) is 3.68. The maximum Gasteiger partial charge on any atom is 0.114 e. The fraction of sp³-hybridized carbons (Fsp3) is 0.300. The van der Waals surface area contributed by atoms with E-state index >= 15 is 0 Å². The molecule has 0 N–H and O–H groups in total. The van der Waals surface area contributed by atoms with E-state index in [9.17, 15) is 0 Å². The van der Waals surface area contributed by atoms with E-state index in [1.807, 2.05) is 26.1 Å². The Kier molecular flexibility index (Phi) is 2.93. The van der Waals surface area contributed by atoms with E-state index in [-0.39, 0.29) is 0 Å². The first-order chi connectivity index (χ1) is 6.75. The highest BCUT2D eigenvalue weighted by atomic mass is 32.2. The predicted octanol–water partition coefficient (Wildman–Crippen LogP) is 3.65. The molecule has 2 heterocycles. The predicted molar refractivity (Wildman–Crippen MR) is 59.9 cm³/mol. The first-order valence-electron chi connectivity index (χ1n) is 4.34. The molecule has 0 bridgehead atoms. The minimum Gasteiger partial charge on any atom is -0.468 e. The monoisotopic (exact) mass is 225 g/mol. The Bertz CT molecular complexity index is 419. The van der Waals surface area contributed by atoms with Crippen LogP contribution in [0.3, 0.4) is 0 Å². The van der Waals surface area contributed by atoms with Crippen LogP contribution in [0.4, 0.5) is 0 Å². The third-order valence-corrected chi connectivity index (χ3v) is 4.14. The molecule has 2 aromatic rings. The molecule has 14 heavy (non-hydrogen) atoms. The lowest BCUT2D eigenvalue weighted by Crippen LogP contribution is -1.74. The Labute approximate surface area is 91.4 Å². The average Bonchev–Trinajstić information content (AvgIpc) is 2.72. The van der Waals surface area contributed by atoms with E-state index in [2.05, 4.69) is 4.98 Å². The molecule has 0 amide bonds. The number of furan rings is 1. The van der Waals surface area contributed by atoms with Crippen molar-refractivity contribution < 1.29 is 4.42 Å². The second-order valence-electron chi connectivity index (χ2n) is 2.98. The minimum atomic E-state index is 0.978. The van der Waals surface area contributed by atoms with Gasteiger partial charge in [-0.2, -0.15) is 0 Å². The van der Waals surface area contributed by atoms with Crippen LogP contribution >= 0.6 is 23.1 Å². The first kappa shape index (κ1) is 9.80.